The predicted molar refractivity (Wildman–Crippen MR) is 459 cm³/mol. The van der Waals surface area contributed by atoms with E-state index < -0.39 is 0 Å². The highest BCUT2D eigenvalue weighted by Gasteiger charge is 2.23. The lowest BCUT2D eigenvalue weighted by molar-refractivity contribution is 1.08. The molecule has 512 valence electrons. The molecule has 3 aromatic heterocycles. The summed E-state index contributed by atoms with van der Waals surface area (Å²) in [5.74, 6) is 3.87. The molecule has 1 aliphatic rings. The van der Waals surface area contributed by atoms with Gasteiger partial charge in [0.15, 0.2) is 34.9 Å². The van der Waals surface area contributed by atoms with E-state index in [1.54, 1.807) is 0 Å². The van der Waals surface area contributed by atoms with Crippen molar-refractivity contribution in [1.29, 1.82) is 0 Å². The fourth-order valence-corrected chi connectivity index (χ4v) is 16.9. The molecule has 0 amide bonds. The van der Waals surface area contributed by atoms with E-state index in [-0.39, 0.29) is 0 Å². The molecule has 1 aliphatic carbocycles. The van der Waals surface area contributed by atoms with Gasteiger partial charge in [-0.05, 0) is 159 Å². The Hall–Kier alpha value is -13.1. The molecule has 0 spiro atoms. The third-order valence-electron chi connectivity index (χ3n) is 21.2. The van der Waals surface area contributed by atoms with Gasteiger partial charge < -0.3 is 4.57 Å². The van der Waals surface area contributed by atoms with Crippen molar-refractivity contribution in [2.24, 2.45) is 0 Å². The van der Waals surface area contributed by atoms with Gasteiger partial charge in [0.2, 0.25) is 0 Å². The summed E-state index contributed by atoms with van der Waals surface area (Å²) in [7, 11) is 0. The Morgan fingerprint density at radius 3 is 1.28 bits per heavy atom. The average molecular weight is 1500 g/mol. The molecule has 0 unspecified atom stereocenters. The first-order valence-corrected chi connectivity index (χ1v) is 37.9. The van der Waals surface area contributed by atoms with Crippen molar-refractivity contribution in [1.82, 2.24) is 34.5 Å². The van der Waals surface area contributed by atoms with Crippen LogP contribution in [0.3, 0.4) is 0 Å². The predicted octanol–water partition coefficient (Wildman–Crippen LogP) is 27.4. The topological polar surface area (TPSA) is 82.3 Å². The number of para-hydroxylation sites is 1. The molecule has 0 fully saturated rings. The van der Waals surface area contributed by atoms with E-state index in [1.807, 2.05) is 78.9 Å². The maximum Gasteiger partial charge on any atom is 0.164 e. The molecule has 18 aromatic carbocycles. The van der Waals surface area contributed by atoms with Crippen LogP contribution >= 0.6 is 39.1 Å². The maximum atomic E-state index is 6.71. The van der Waals surface area contributed by atoms with E-state index in [2.05, 4.69) is 293 Å². The van der Waals surface area contributed by atoms with Crippen LogP contribution in [0.15, 0.2) is 356 Å². The van der Waals surface area contributed by atoms with Crippen LogP contribution in [0.1, 0.15) is 11.1 Å². The first kappa shape index (κ1) is 65.4. The van der Waals surface area contributed by atoms with E-state index in [1.165, 1.54) is 65.3 Å². The Morgan fingerprint density at radius 2 is 0.651 bits per heavy atom. The lowest BCUT2D eigenvalue weighted by Gasteiger charge is -2.15. The molecule has 0 radical (unpaired) electrons. The molecule has 0 bridgehead atoms. The Morgan fingerprint density at radius 1 is 0.229 bits per heavy atom. The summed E-state index contributed by atoms with van der Waals surface area (Å²) in [5, 5.41) is 22.5. The van der Waals surface area contributed by atoms with Gasteiger partial charge in [0.05, 0.1) is 16.7 Å². The van der Waals surface area contributed by atoms with E-state index >= 15 is 0 Å². The van der Waals surface area contributed by atoms with Crippen LogP contribution in [-0.4, -0.2) is 34.5 Å². The summed E-state index contributed by atoms with van der Waals surface area (Å²) in [5.41, 5.74) is 14.6. The minimum absolute atomic E-state index is 0.628. The van der Waals surface area contributed by atoms with E-state index in [0.29, 0.717) is 34.9 Å². The summed E-state index contributed by atoms with van der Waals surface area (Å²) in [6.07, 6.45) is 1.04. The Kier molecular flexibility index (Phi) is 16.4. The largest absolute Gasteiger partial charge is 0.309 e. The van der Waals surface area contributed by atoms with Crippen molar-refractivity contribution in [2.45, 2.75) is 6.42 Å². The molecule has 0 atom stereocenters. The van der Waals surface area contributed by atoms with Crippen LogP contribution in [0, 0.1) is 0 Å². The Labute approximate surface area is 645 Å². The fourth-order valence-electron chi connectivity index (χ4n) is 16.0. The second-order valence-corrected chi connectivity index (χ2v) is 29.3. The van der Waals surface area contributed by atoms with Crippen LogP contribution in [-0.2, 0) is 6.42 Å². The lowest BCUT2D eigenvalue weighted by atomic mass is 10.00. The number of hydrogen-bond donors (Lipinski definition) is 0. The number of benzene rings is 18. The fraction of sp³-hybridized carbons (Fsp3) is 0.0101. The van der Waals surface area contributed by atoms with Crippen molar-refractivity contribution in [3.63, 3.8) is 0 Å². The molecule has 0 saturated carbocycles. The molecule has 0 saturated heterocycles. The Balaban J connectivity index is 0.000000121. The standard InChI is InChI=1S/C49H29ClN4.C33H20BrN3.C17H11Cl/c50-43-20-8-14-32-28-46-42(29-41(32)43)39-16-6-7-21-44(39)54(46)45-22-10-17-37-38(45)18-9-19-40(37)49-52-47(31-12-2-1-3-13-31)51-48(53-49)34-25-26-36-33(27-34)24-23-30-11-4-5-15-35(30)36;34-30-15-7-12-27-28(30)13-6-14-29(27)33-36-31(22-9-2-1-3-10-22)35-32(37-33)24-18-19-26-23(20-24)17-16-21-8-4-5-11-25(21)26;18-17-7-3-5-12-9-13-8-11-4-1-2-6-14(11)15(13)10-16(12)17/h1-29H;1-20H;1-7,9-10H,8H2. The molecule has 109 heavy (non-hydrogen) atoms. The smallest absolute Gasteiger partial charge is 0.164 e. The molecular weight excluding hydrogens is 1440 g/mol. The van der Waals surface area contributed by atoms with Gasteiger partial charge in [0, 0.05) is 74.8 Å². The SMILES string of the molecule is Brc1cccc2c(-c3nc(-c4ccccc4)nc(-c4ccc5c(ccc6ccccc65)c4)n3)cccc12.Clc1cccc2cc3c(cc12)-c1ccccc1C3.Clc1cccc2cc3c(cc12)c1ccccc1n3-c1cccc2c(-c3nc(-c4ccccc4)nc(-c4ccc5c(ccc6ccccc65)c4)n3)cccc12. The van der Waals surface area contributed by atoms with Gasteiger partial charge in [-0.15, -0.1) is 0 Å². The van der Waals surface area contributed by atoms with Crippen molar-refractivity contribution >= 4 is 147 Å². The number of nitrogens with zero attached hydrogens (tertiary/aromatic N) is 7. The second kappa shape index (κ2) is 27.4. The third kappa shape index (κ3) is 11.9. The van der Waals surface area contributed by atoms with Crippen LogP contribution < -0.4 is 0 Å². The summed E-state index contributed by atoms with van der Waals surface area (Å²) >= 11 is 16.7. The quantitative estimate of drug-likeness (QED) is 0.148. The zero-order chi connectivity index (χ0) is 72.6. The van der Waals surface area contributed by atoms with Gasteiger partial charge in [-0.25, -0.2) is 29.9 Å². The van der Waals surface area contributed by atoms with Gasteiger partial charge in [0.1, 0.15) is 0 Å². The van der Waals surface area contributed by atoms with Crippen LogP contribution in [0.25, 0.3) is 193 Å². The number of hydrogen-bond acceptors (Lipinski definition) is 6. The summed E-state index contributed by atoms with van der Waals surface area (Å²) in [6.45, 7) is 0. The van der Waals surface area contributed by atoms with Crippen LogP contribution in [0.5, 0.6) is 0 Å². The van der Waals surface area contributed by atoms with Gasteiger partial charge in [-0.1, -0.05) is 330 Å². The van der Waals surface area contributed by atoms with Crippen LogP contribution in [0.2, 0.25) is 10.0 Å². The van der Waals surface area contributed by atoms with E-state index in [9.17, 15) is 0 Å². The first-order valence-electron chi connectivity index (χ1n) is 36.3. The zero-order valence-electron chi connectivity index (χ0n) is 58.5. The molecule has 0 N–H and O–H groups in total. The lowest BCUT2D eigenvalue weighted by Crippen LogP contribution is -2.01. The molecule has 0 aliphatic heterocycles. The molecule has 10 heteroatoms. The van der Waals surface area contributed by atoms with Gasteiger partial charge in [0.25, 0.3) is 0 Å². The summed E-state index contributed by atoms with van der Waals surface area (Å²) in [6, 6.07) is 123. The maximum absolute atomic E-state index is 6.71. The summed E-state index contributed by atoms with van der Waals surface area (Å²) < 4.78 is 3.43. The van der Waals surface area contributed by atoms with Gasteiger partial charge in [-0.2, -0.15) is 0 Å². The van der Waals surface area contributed by atoms with Crippen LogP contribution in [0.4, 0.5) is 0 Å². The molecule has 3 heterocycles. The number of rotatable bonds is 7. The second-order valence-electron chi connectivity index (χ2n) is 27.6. The van der Waals surface area contributed by atoms with Crippen molar-refractivity contribution in [3.8, 4) is 85.1 Å². The van der Waals surface area contributed by atoms with Crippen molar-refractivity contribution in [2.75, 3.05) is 0 Å². The highest BCUT2D eigenvalue weighted by atomic mass is 79.9. The van der Waals surface area contributed by atoms with Crippen molar-refractivity contribution < 1.29 is 0 Å². The molecule has 21 aromatic rings. The monoisotopic (exact) mass is 1500 g/mol. The first-order chi connectivity index (χ1) is 53.7. The van der Waals surface area contributed by atoms with Gasteiger partial charge in [-0.3, -0.25) is 0 Å². The molecule has 22 rings (SSSR count). The normalized spacial score (nSPS) is 11.8. The zero-order valence-corrected chi connectivity index (χ0v) is 61.6. The van der Waals surface area contributed by atoms with Gasteiger partial charge >= 0.3 is 0 Å². The highest BCUT2D eigenvalue weighted by molar-refractivity contribution is 9.10. The van der Waals surface area contributed by atoms with Crippen molar-refractivity contribution in [3.05, 3.63) is 377 Å². The Bertz CT molecular complexity index is 7270. The molecule has 7 nitrogen and oxygen atoms in total. The minimum Gasteiger partial charge on any atom is -0.309 e. The third-order valence-corrected chi connectivity index (χ3v) is 22.5. The highest BCUT2D eigenvalue weighted by Crippen LogP contribution is 2.44. The number of aromatic nitrogens is 7. The number of halogens is 3. The number of fused-ring (bicyclic) bond motifs is 16. The summed E-state index contributed by atoms with van der Waals surface area (Å²) in [4.78, 5) is 30.3. The average Bonchev–Trinajstić information content (AvgIpc) is 1.60. The molecular formula is C99H60BrCl2N7. The van der Waals surface area contributed by atoms with E-state index in [0.717, 1.165) is 125 Å². The van der Waals surface area contributed by atoms with E-state index in [4.69, 9.17) is 53.1 Å². The minimum atomic E-state index is 0.628.